The maximum atomic E-state index is 13.3. The largest absolute Gasteiger partial charge is 0.322 e. The maximum Gasteiger partial charge on any atom is 0.255 e. The number of imide groups is 1. The fourth-order valence-corrected chi connectivity index (χ4v) is 5.77. The van der Waals surface area contributed by atoms with Gasteiger partial charge in [-0.3, -0.25) is 24.6 Å². The Kier molecular flexibility index (Phi) is 5.33. The average molecular weight is 411 g/mol. The second-order valence-electron chi connectivity index (χ2n) is 9.22. The third kappa shape index (κ3) is 3.65. The first-order valence-electron chi connectivity index (χ1n) is 11.3. The van der Waals surface area contributed by atoms with Gasteiger partial charge in [0.05, 0.1) is 0 Å². The van der Waals surface area contributed by atoms with Gasteiger partial charge in [0.1, 0.15) is 6.04 Å². The van der Waals surface area contributed by atoms with Gasteiger partial charge in [0.2, 0.25) is 11.8 Å². The van der Waals surface area contributed by atoms with E-state index in [1.54, 1.807) is 4.90 Å². The van der Waals surface area contributed by atoms with E-state index in [1.807, 2.05) is 12.1 Å². The number of hydrogen-bond donors (Lipinski definition) is 2. The highest BCUT2D eigenvalue weighted by atomic mass is 16.2. The SMILES string of the molecule is O=C1CCC(N2Cc3cccc(CN4CCC(C5CCNCC5)C4)c3C2=O)C(=O)N1. The van der Waals surface area contributed by atoms with E-state index >= 15 is 0 Å². The molecule has 5 rings (SSSR count). The minimum absolute atomic E-state index is 0.0656. The van der Waals surface area contributed by atoms with Crippen LogP contribution in [0.25, 0.3) is 0 Å². The third-order valence-electron chi connectivity index (χ3n) is 7.39. The molecule has 2 unspecified atom stereocenters. The standard InChI is InChI=1S/C23H30N4O3/c28-20-5-4-19(22(29)25-20)27-14-18-3-1-2-17(21(18)23(27)30)13-26-11-8-16(12-26)15-6-9-24-10-7-15/h1-3,15-16,19,24H,4-14H2,(H,25,28,29). The molecule has 1 aromatic rings. The normalized spacial score (nSPS) is 28.1. The molecule has 2 atom stereocenters. The van der Waals surface area contributed by atoms with Crippen LogP contribution in [0.3, 0.4) is 0 Å². The predicted molar refractivity (Wildman–Crippen MR) is 111 cm³/mol. The Hall–Kier alpha value is -2.25. The van der Waals surface area contributed by atoms with Crippen LogP contribution in [-0.4, -0.2) is 59.7 Å². The second kappa shape index (κ2) is 8.12. The Morgan fingerprint density at radius 2 is 1.83 bits per heavy atom. The number of nitrogens with one attached hydrogen (secondary N) is 2. The van der Waals surface area contributed by atoms with Crippen molar-refractivity contribution in [1.29, 1.82) is 0 Å². The van der Waals surface area contributed by atoms with E-state index in [0.717, 1.165) is 61.2 Å². The summed E-state index contributed by atoms with van der Waals surface area (Å²) in [5.41, 5.74) is 2.84. The predicted octanol–water partition coefficient (Wildman–Crippen LogP) is 1.27. The van der Waals surface area contributed by atoms with E-state index in [-0.39, 0.29) is 24.1 Å². The van der Waals surface area contributed by atoms with Gasteiger partial charge in [-0.1, -0.05) is 18.2 Å². The number of likely N-dealkylation sites (tertiary alicyclic amines) is 1. The number of nitrogens with zero attached hydrogens (tertiary/aromatic N) is 2. The van der Waals surface area contributed by atoms with Crippen molar-refractivity contribution < 1.29 is 14.4 Å². The minimum atomic E-state index is -0.550. The summed E-state index contributed by atoms with van der Waals surface area (Å²) in [5.74, 6) is 0.919. The molecule has 0 radical (unpaired) electrons. The molecule has 4 aliphatic rings. The molecular weight excluding hydrogens is 380 g/mol. The Labute approximate surface area is 177 Å². The summed E-state index contributed by atoms with van der Waals surface area (Å²) in [5, 5.41) is 5.83. The van der Waals surface area contributed by atoms with Gasteiger partial charge in [-0.25, -0.2) is 0 Å². The Balaban J connectivity index is 1.28. The fourth-order valence-electron chi connectivity index (χ4n) is 5.77. The van der Waals surface area contributed by atoms with Crippen molar-refractivity contribution in [2.75, 3.05) is 26.2 Å². The van der Waals surface area contributed by atoms with Gasteiger partial charge in [-0.15, -0.1) is 0 Å². The Morgan fingerprint density at radius 1 is 1.00 bits per heavy atom. The molecule has 3 fully saturated rings. The van der Waals surface area contributed by atoms with Crippen LogP contribution in [0.5, 0.6) is 0 Å². The number of amides is 3. The fraction of sp³-hybridized carbons (Fsp3) is 0.609. The van der Waals surface area contributed by atoms with Crippen molar-refractivity contribution in [1.82, 2.24) is 20.4 Å². The van der Waals surface area contributed by atoms with Crippen molar-refractivity contribution in [3.05, 3.63) is 34.9 Å². The van der Waals surface area contributed by atoms with Crippen LogP contribution < -0.4 is 10.6 Å². The molecular formula is C23H30N4O3. The molecule has 160 valence electrons. The summed E-state index contributed by atoms with van der Waals surface area (Å²) in [6.45, 7) is 5.71. The number of piperidine rings is 2. The van der Waals surface area contributed by atoms with E-state index in [1.165, 1.54) is 19.3 Å². The number of carbonyl (C=O) groups excluding carboxylic acids is 3. The van der Waals surface area contributed by atoms with Gasteiger partial charge in [-0.2, -0.15) is 0 Å². The lowest BCUT2D eigenvalue weighted by atomic mass is 9.84. The van der Waals surface area contributed by atoms with Crippen LogP contribution in [0.1, 0.15) is 53.6 Å². The van der Waals surface area contributed by atoms with Crippen molar-refractivity contribution in [3.63, 3.8) is 0 Å². The molecule has 7 nitrogen and oxygen atoms in total. The van der Waals surface area contributed by atoms with Gasteiger partial charge >= 0.3 is 0 Å². The van der Waals surface area contributed by atoms with Crippen LogP contribution in [-0.2, 0) is 22.7 Å². The van der Waals surface area contributed by atoms with Gasteiger partial charge in [0.15, 0.2) is 0 Å². The number of benzene rings is 1. The summed E-state index contributed by atoms with van der Waals surface area (Å²) < 4.78 is 0. The van der Waals surface area contributed by atoms with E-state index in [0.29, 0.717) is 13.0 Å². The van der Waals surface area contributed by atoms with Crippen molar-refractivity contribution in [3.8, 4) is 0 Å². The lowest BCUT2D eigenvalue weighted by molar-refractivity contribution is -0.136. The molecule has 3 amide bonds. The van der Waals surface area contributed by atoms with Crippen LogP contribution in [0, 0.1) is 11.8 Å². The zero-order valence-corrected chi connectivity index (χ0v) is 17.4. The Bertz CT molecular complexity index is 864. The molecule has 0 aliphatic carbocycles. The van der Waals surface area contributed by atoms with E-state index in [2.05, 4.69) is 21.6 Å². The second-order valence-corrected chi connectivity index (χ2v) is 9.22. The van der Waals surface area contributed by atoms with Crippen LogP contribution in [0.2, 0.25) is 0 Å². The highest BCUT2D eigenvalue weighted by molar-refractivity contribution is 6.05. The van der Waals surface area contributed by atoms with Crippen molar-refractivity contribution in [2.24, 2.45) is 11.8 Å². The first kappa shape index (κ1) is 19.7. The number of carbonyl (C=O) groups is 3. The number of fused-ring (bicyclic) bond motifs is 1. The van der Waals surface area contributed by atoms with Gasteiger partial charge in [0.25, 0.3) is 5.91 Å². The Morgan fingerprint density at radius 3 is 2.63 bits per heavy atom. The van der Waals surface area contributed by atoms with Crippen LogP contribution >= 0.6 is 0 Å². The molecule has 1 aromatic carbocycles. The lowest BCUT2D eigenvalue weighted by Gasteiger charge is -2.29. The third-order valence-corrected chi connectivity index (χ3v) is 7.39. The summed E-state index contributed by atoms with van der Waals surface area (Å²) >= 11 is 0. The van der Waals surface area contributed by atoms with Crippen LogP contribution in [0.15, 0.2) is 18.2 Å². The quantitative estimate of drug-likeness (QED) is 0.731. The molecule has 0 spiro atoms. The minimum Gasteiger partial charge on any atom is -0.322 e. The monoisotopic (exact) mass is 410 g/mol. The average Bonchev–Trinajstić information content (AvgIpc) is 3.34. The number of hydrogen-bond acceptors (Lipinski definition) is 5. The molecule has 0 aromatic heterocycles. The number of rotatable bonds is 4. The van der Waals surface area contributed by atoms with E-state index < -0.39 is 6.04 Å². The molecule has 0 bridgehead atoms. The topological polar surface area (TPSA) is 81.8 Å². The first-order chi connectivity index (χ1) is 14.6. The lowest BCUT2D eigenvalue weighted by Crippen LogP contribution is -2.52. The van der Waals surface area contributed by atoms with Crippen LogP contribution in [0.4, 0.5) is 0 Å². The van der Waals surface area contributed by atoms with Gasteiger partial charge < -0.3 is 10.2 Å². The summed E-state index contributed by atoms with van der Waals surface area (Å²) in [7, 11) is 0. The smallest absolute Gasteiger partial charge is 0.255 e. The molecule has 0 saturated carbocycles. The zero-order valence-electron chi connectivity index (χ0n) is 17.4. The molecule has 7 heteroatoms. The highest BCUT2D eigenvalue weighted by Crippen LogP contribution is 2.33. The highest BCUT2D eigenvalue weighted by Gasteiger charge is 2.40. The maximum absolute atomic E-state index is 13.3. The molecule has 2 N–H and O–H groups in total. The summed E-state index contributed by atoms with van der Waals surface area (Å²) in [6, 6.07) is 5.52. The van der Waals surface area contributed by atoms with Gasteiger partial charge in [-0.05, 0) is 68.3 Å². The van der Waals surface area contributed by atoms with Gasteiger partial charge in [0, 0.05) is 31.6 Å². The zero-order chi connectivity index (χ0) is 20.7. The summed E-state index contributed by atoms with van der Waals surface area (Å²) in [4.78, 5) is 41.2. The molecule has 3 saturated heterocycles. The molecule has 4 aliphatic heterocycles. The summed E-state index contributed by atoms with van der Waals surface area (Å²) in [6.07, 6.45) is 4.49. The van der Waals surface area contributed by atoms with E-state index in [9.17, 15) is 14.4 Å². The molecule has 30 heavy (non-hydrogen) atoms. The van der Waals surface area contributed by atoms with Crippen molar-refractivity contribution in [2.45, 2.75) is 51.2 Å². The van der Waals surface area contributed by atoms with E-state index in [4.69, 9.17) is 0 Å². The van der Waals surface area contributed by atoms with Crippen molar-refractivity contribution >= 4 is 17.7 Å². The first-order valence-corrected chi connectivity index (χ1v) is 11.3. The molecule has 4 heterocycles.